The number of hydrogen-bond donors (Lipinski definition) is 2. The molecule has 3 aromatic rings. The van der Waals surface area contributed by atoms with Gasteiger partial charge in [-0.25, -0.2) is 4.79 Å². The molecule has 0 saturated heterocycles. The number of aromatic amines is 1. The minimum atomic E-state index is -0.491. The summed E-state index contributed by atoms with van der Waals surface area (Å²) in [6.07, 6.45) is 1.27. The Balaban J connectivity index is 1.90. The van der Waals surface area contributed by atoms with E-state index in [0.29, 0.717) is 23.4 Å². The first-order valence-electron chi connectivity index (χ1n) is 10.3. The van der Waals surface area contributed by atoms with Crippen molar-refractivity contribution in [1.29, 1.82) is 0 Å². The average Bonchev–Trinajstić information content (AvgIpc) is 3.04. The van der Waals surface area contributed by atoms with Gasteiger partial charge in [0.25, 0.3) is 5.91 Å². The summed E-state index contributed by atoms with van der Waals surface area (Å²) in [5.41, 5.74) is 2.76. The molecule has 0 atom stereocenters. The number of H-pyrrole nitrogens is 1. The molecule has 0 bridgehead atoms. The van der Waals surface area contributed by atoms with Crippen molar-refractivity contribution < 1.29 is 19.4 Å². The number of carbonyl (C=O) groups is 2. The predicted octanol–water partition coefficient (Wildman–Crippen LogP) is 4.60. The van der Waals surface area contributed by atoms with Crippen LogP contribution < -0.4 is 0 Å². The quantitative estimate of drug-likeness (QED) is 0.609. The number of amides is 1. The third-order valence-electron chi connectivity index (χ3n) is 5.42. The number of aromatic nitrogens is 1. The van der Waals surface area contributed by atoms with Gasteiger partial charge >= 0.3 is 5.97 Å². The summed E-state index contributed by atoms with van der Waals surface area (Å²) in [6.45, 7) is 8.05. The lowest BCUT2D eigenvalue weighted by Gasteiger charge is -2.29. The number of esters is 1. The lowest BCUT2D eigenvalue weighted by atomic mass is 9.81. The number of hydrogen-bond acceptors (Lipinski definition) is 4. The molecule has 1 amide bonds. The van der Waals surface area contributed by atoms with E-state index >= 15 is 0 Å². The van der Waals surface area contributed by atoms with Crippen LogP contribution in [0, 0.1) is 0 Å². The highest BCUT2D eigenvalue weighted by atomic mass is 16.5. The zero-order valence-electron chi connectivity index (χ0n) is 18.1. The molecule has 0 unspecified atom stereocenters. The Morgan fingerprint density at radius 3 is 2.58 bits per heavy atom. The largest absolute Gasteiger partial charge is 0.508 e. The molecule has 2 N–H and O–H groups in total. The predicted molar refractivity (Wildman–Crippen MR) is 120 cm³/mol. The van der Waals surface area contributed by atoms with Crippen molar-refractivity contribution in [3.63, 3.8) is 0 Å². The van der Waals surface area contributed by atoms with Crippen LogP contribution in [-0.4, -0.2) is 39.5 Å². The number of nitrogens with one attached hydrogen (secondary N) is 1. The third kappa shape index (κ3) is 3.81. The second-order valence-corrected chi connectivity index (χ2v) is 8.78. The Labute approximate surface area is 181 Å². The second-order valence-electron chi connectivity index (χ2n) is 8.78. The minimum absolute atomic E-state index is 0.0135. The molecule has 0 fully saturated rings. The van der Waals surface area contributed by atoms with E-state index in [1.165, 1.54) is 17.0 Å². The molecular formula is C25H26N2O4. The number of phenols is 1. The summed E-state index contributed by atoms with van der Waals surface area (Å²) in [5, 5.41) is 10.8. The van der Waals surface area contributed by atoms with Gasteiger partial charge < -0.3 is 19.7 Å². The number of fused-ring (bicyclic) bond motifs is 3. The molecule has 1 aliphatic rings. The molecule has 1 aromatic heterocycles. The van der Waals surface area contributed by atoms with E-state index in [9.17, 15) is 14.7 Å². The minimum Gasteiger partial charge on any atom is -0.508 e. The normalized spacial score (nSPS) is 15.4. The Kier molecular flexibility index (Phi) is 5.09. The van der Waals surface area contributed by atoms with Crippen molar-refractivity contribution in [2.24, 2.45) is 0 Å². The Morgan fingerprint density at radius 1 is 1.13 bits per heavy atom. The topological polar surface area (TPSA) is 82.6 Å². The molecule has 6 nitrogen and oxygen atoms in total. The Hall–Kier alpha value is -3.54. The first-order chi connectivity index (χ1) is 14.7. The highest BCUT2D eigenvalue weighted by Gasteiger charge is 2.37. The van der Waals surface area contributed by atoms with Crippen molar-refractivity contribution >= 4 is 28.4 Å². The molecule has 1 aliphatic heterocycles. The number of para-hydroxylation sites is 1. The first-order valence-corrected chi connectivity index (χ1v) is 10.3. The number of carbonyl (C=O) groups excluding carboxylic acids is 2. The molecule has 6 heteroatoms. The fourth-order valence-corrected chi connectivity index (χ4v) is 4.19. The number of rotatable bonds is 3. The summed E-state index contributed by atoms with van der Waals surface area (Å²) in [6, 6.07) is 14.1. The van der Waals surface area contributed by atoms with Crippen LogP contribution in [0.4, 0.5) is 0 Å². The van der Waals surface area contributed by atoms with Crippen molar-refractivity contribution in [2.45, 2.75) is 39.2 Å². The van der Waals surface area contributed by atoms with E-state index < -0.39 is 11.4 Å². The van der Waals surface area contributed by atoms with Crippen LogP contribution in [0.25, 0.3) is 16.5 Å². The van der Waals surface area contributed by atoms with Crippen molar-refractivity contribution in [2.75, 3.05) is 6.54 Å². The summed E-state index contributed by atoms with van der Waals surface area (Å²) >= 11 is 0. The van der Waals surface area contributed by atoms with E-state index in [-0.39, 0.29) is 17.8 Å². The number of ether oxygens (including phenoxy) is 1. The molecule has 0 spiro atoms. The van der Waals surface area contributed by atoms with Gasteiger partial charge in [0.1, 0.15) is 5.75 Å². The maximum atomic E-state index is 13.3. The van der Waals surface area contributed by atoms with E-state index in [1.54, 1.807) is 32.2 Å². The average molecular weight is 418 g/mol. The van der Waals surface area contributed by atoms with Crippen LogP contribution in [0.5, 0.6) is 5.75 Å². The van der Waals surface area contributed by atoms with Crippen molar-refractivity contribution in [3.05, 3.63) is 71.6 Å². The van der Waals surface area contributed by atoms with Gasteiger partial charge in [-0.05, 0) is 43.7 Å². The van der Waals surface area contributed by atoms with Crippen LogP contribution in [0.15, 0.2) is 54.7 Å². The van der Waals surface area contributed by atoms with Gasteiger partial charge in [-0.15, -0.1) is 0 Å². The highest BCUT2D eigenvalue weighted by molar-refractivity contribution is 6.18. The molecule has 0 saturated carbocycles. The highest BCUT2D eigenvalue weighted by Crippen LogP contribution is 2.40. The first kappa shape index (κ1) is 20.7. The van der Waals surface area contributed by atoms with Gasteiger partial charge in [-0.2, -0.15) is 0 Å². The van der Waals surface area contributed by atoms with Gasteiger partial charge in [0.15, 0.2) is 0 Å². The SMILES string of the molecule is CC(C)OC(=O)C1=CN(C(=O)c2cccc(O)c2)CC(C)(C)c2c1[nH]c1ccccc21. The zero-order chi connectivity index (χ0) is 22.3. The molecular weight excluding hydrogens is 392 g/mol. The number of benzene rings is 2. The van der Waals surface area contributed by atoms with Crippen LogP contribution in [0.3, 0.4) is 0 Å². The number of aromatic hydroxyl groups is 1. The van der Waals surface area contributed by atoms with Crippen LogP contribution in [0.1, 0.15) is 49.3 Å². The summed E-state index contributed by atoms with van der Waals surface area (Å²) in [4.78, 5) is 31.3. The number of phenolic OH excluding ortho intramolecular Hbond substituents is 1. The van der Waals surface area contributed by atoms with Gasteiger partial charge in [0.2, 0.25) is 0 Å². The van der Waals surface area contributed by atoms with E-state index in [4.69, 9.17) is 4.74 Å². The summed E-state index contributed by atoms with van der Waals surface area (Å²) in [5.74, 6) is -0.776. The van der Waals surface area contributed by atoms with Crippen LogP contribution in [0.2, 0.25) is 0 Å². The molecule has 4 rings (SSSR count). The maximum absolute atomic E-state index is 13.3. The molecule has 0 radical (unpaired) electrons. The van der Waals surface area contributed by atoms with Gasteiger partial charge in [-0.1, -0.05) is 38.1 Å². The van der Waals surface area contributed by atoms with Gasteiger partial charge in [0, 0.05) is 34.6 Å². The second kappa shape index (κ2) is 7.61. The van der Waals surface area contributed by atoms with E-state index in [2.05, 4.69) is 18.8 Å². The Bertz CT molecular complexity index is 1200. The number of nitrogens with zero attached hydrogens (tertiary/aromatic N) is 1. The van der Waals surface area contributed by atoms with Gasteiger partial charge in [-0.3, -0.25) is 4.79 Å². The Morgan fingerprint density at radius 2 is 1.87 bits per heavy atom. The fraction of sp³-hybridized carbons (Fsp3) is 0.280. The van der Waals surface area contributed by atoms with Crippen LogP contribution >= 0.6 is 0 Å². The van der Waals surface area contributed by atoms with Crippen molar-refractivity contribution in [1.82, 2.24) is 9.88 Å². The zero-order valence-corrected chi connectivity index (χ0v) is 18.1. The maximum Gasteiger partial charge on any atom is 0.342 e. The third-order valence-corrected chi connectivity index (χ3v) is 5.42. The lowest BCUT2D eigenvalue weighted by Crippen LogP contribution is -2.36. The molecule has 160 valence electrons. The standard InChI is InChI=1S/C25H26N2O4/c1-15(2)31-24(30)19-13-27(23(29)16-8-7-9-17(28)12-16)14-25(3,4)21-18-10-5-6-11-20(18)26-22(19)21/h5-13,15,26,28H,14H2,1-4H3. The van der Waals surface area contributed by atoms with Crippen LogP contribution in [-0.2, 0) is 14.9 Å². The molecule has 2 aromatic carbocycles. The van der Waals surface area contributed by atoms with Gasteiger partial charge in [0.05, 0.1) is 17.4 Å². The van der Waals surface area contributed by atoms with E-state index in [1.807, 2.05) is 24.3 Å². The lowest BCUT2D eigenvalue weighted by molar-refractivity contribution is -0.140. The molecule has 0 aliphatic carbocycles. The fourth-order valence-electron chi connectivity index (χ4n) is 4.19. The summed E-state index contributed by atoms with van der Waals surface area (Å²) < 4.78 is 5.51. The smallest absolute Gasteiger partial charge is 0.342 e. The van der Waals surface area contributed by atoms with Crippen molar-refractivity contribution in [3.8, 4) is 5.75 Å². The van der Waals surface area contributed by atoms with E-state index in [0.717, 1.165) is 16.5 Å². The molecule has 2 heterocycles. The molecule has 31 heavy (non-hydrogen) atoms. The monoisotopic (exact) mass is 418 g/mol. The summed E-state index contributed by atoms with van der Waals surface area (Å²) in [7, 11) is 0.